The van der Waals surface area contributed by atoms with Gasteiger partial charge >= 0.3 is 0 Å². The molecule has 1 aliphatic carbocycles. The van der Waals surface area contributed by atoms with Crippen molar-refractivity contribution < 1.29 is 9.13 Å². The smallest absolute Gasteiger partial charge is 0.126 e. The summed E-state index contributed by atoms with van der Waals surface area (Å²) in [6.07, 6.45) is 7.92. The van der Waals surface area contributed by atoms with Crippen LogP contribution in [0.3, 0.4) is 0 Å². The van der Waals surface area contributed by atoms with Crippen molar-refractivity contribution in [2.75, 3.05) is 13.1 Å². The highest BCUT2D eigenvalue weighted by Gasteiger charge is 2.34. The van der Waals surface area contributed by atoms with Gasteiger partial charge in [0.1, 0.15) is 17.7 Å². The Morgan fingerprint density at radius 2 is 1.95 bits per heavy atom. The van der Waals surface area contributed by atoms with Gasteiger partial charge in [-0.05, 0) is 43.9 Å². The van der Waals surface area contributed by atoms with E-state index in [1.807, 2.05) is 6.07 Å². The average molecular weight is 277 g/mol. The predicted octanol–water partition coefficient (Wildman–Crippen LogP) is 3.76. The van der Waals surface area contributed by atoms with Crippen molar-refractivity contribution in [1.29, 1.82) is 0 Å². The average Bonchev–Trinajstić information content (AvgIpc) is 3.00. The highest BCUT2D eigenvalue weighted by molar-refractivity contribution is 5.23. The van der Waals surface area contributed by atoms with Crippen LogP contribution in [-0.4, -0.2) is 19.2 Å². The predicted molar refractivity (Wildman–Crippen MR) is 78.4 cm³/mol. The molecule has 0 unspecified atom stereocenters. The van der Waals surface area contributed by atoms with Gasteiger partial charge in [-0.25, -0.2) is 4.39 Å². The first-order valence-corrected chi connectivity index (χ1v) is 7.96. The molecular formula is C17H24FNO. The zero-order chi connectivity index (χ0) is 13.8. The minimum atomic E-state index is -0.213. The van der Waals surface area contributed by atoms with Crippen LogP contribution >= 0.6 is 0 Å². The van der Waals surface area contributed by atoms with E-state index in [1.54, 1.807) is 6.07 Å². The van der Waals surface area contributed by atoms with Gasteiger partial charge in [-0.15, -0.1) is 0 Å². The molecule has 0 amide bonds. The molecule has 1 aliphatic heterocycles. The van der Waals surface area contributed by atoms with Crippen molar-refractivity contribution in [2.45, 2.75) is 44.6 Å². The molecule has 1 aromatic carbocycles. The standard InChI is InChI=1S/C17H24FNO/c18-15-7-4-8-16(11-15)20-17(14-9-10-19-12-14)13-5-2-1-3-6-13/h4,7-8,11,13-14,17,19H,1-3,5-6,9-10,12H2/t14-,17+/m0/s1. The van der Waals surface area contributed by atoms with Gasteiger partial charge in [-0.1, -0.05) is 25.3 Å². The summed E-state index contributed by atoms with van der Waals surface area (Å²) >= 11 is 0. The first-order valence-electron chi connectivity index (χ1n) is 7.96. The van der Waals surface area contributed by atoms with Gasteiger partial charge in [0.25, 0.3) is 0 Å². The number of nitrogens with one attached hydrogen (secondary N) is 1. The largest absolute Gasteiger partial charge is 0.490 e. The lowest BCUT2D eigenvalue weighted by Gasteiger charge is -2.34. The molecule has 1 N–H and O–H groups in total. The highest BCUT2D eigenvalue weighted by Crippen LogP contribution is 2.34. The van der Waals surface area contributed by atoms with E-state index in [9.17, 15) is 4.39 Å². The van der Waals surface area contributed by atoms with Gasteiger partial charge in [0.05, 0.1) is 0 Å². The van der Waals surface area contributed by atoms with Crippen LogP contribution in [-0.2, 0) is 0 Å². The number of halogens is 1. The number of hydrogen-bond donors (Lipinski definition) is 1. The minimum absolute atomic E-state index is 0.213. The zero-order valence-electron chi connectivity index (χ0n) is 12.0. The maximum absolute atomic E-state index is 13.3. The lowest BCUT2D eigenvalue weighted by atomic mass is 9.80. The normalized spacial score (nSPS) is 25.6. The Kier molecular flexibility index (Phi) is 4.56. The van der Waals surface area contributed by atoms with E-state index >= 15 is 0 Å². The Bertz CT molecular complexity index is 425. The van der Waals surface area contributed by atoms with Crippen molar-refractivity contribution >= 4 is 0 Å². The maximum atomic E-state index is 13.3. The third-order valence-corrected chi connectivity index (χ3v) is 4.75. The first-order chi connectivity index (χ1) is 9.83. The maximum Gasteiger partial charge on any atom is 0.126 e. The van der Waals surface area contributed by atoms with E-state index < -0.39 is 0 Å². The van der Waals surface area contributed by atoms with Crippen molar-refractivity contribution in [1.82, 2.24) is 5.32 Å². The summed E-state index contributed by atoms with van der Waals surface area (Å²) in [5.41, 5.74) is 0. The summed E-state index contributed by atoms with van der Waals surface area (Å²) in [5, 5.41) is 3.43. The lowest BCUT2D eigenvalue weighted by molar-refractivity contribution is 0.0619. The fourth-order valence-corrected chi connectivity index (χ4v) is 3.69. The Labute approximate surface area is 120 Å². The minimum Gasteiger partial charge on any atom is -0.490 e. The van der Waals surface area contributed by atoms with Crippen LogP contribution in [0.25, 0.3) is 0 Å². The molecule has 0 spiro atoms. The van der Waals surface area contributed by atoms with Gasteiger partial charge in [-0.3, -0.25) is 0 Å². The number of hydrogen-bond acceptors (Lipinski definition) is 2. The van der Waals surface area contributed by atoms with Crippen molar-refractivity contribution in [3.05, 3.63) is 30.1 Å². The topological polar surface area (TPSA) is 21.3 Å². The zero-order valence-corrected chi connectivity index (χ0v) is 12.0. The molecule has 2 nitrogen and oxygen atoms in total. The second-order valence-electron chi connectivity index (χ2n) is 6.19. The molecule has 2 atom stereocenters. The molecule has 20 heavy (non-hydrogen) atoms. The van der Waals surface area contributed by atoms with Gasteiger partial charge in [-0.2, -0.15) is 0 Å². The summed E-state index contributed by atoms with van der Waals surface area (Å²) in [6, 6.07) is 6.59. The molecule has 3 heteroatoms. The van der Waals surface area contributed by atoms with Crippen LogP contribution in [0, 0.1) is 17.7 Å². The van der Waals surface area contributed by atoms with Crippen molar-refractivity contribution in [3.8, 4) is 5.75 Å². The quantitative estimate of drug-likeness (QED) is 0.904. The second kappa shape index (κ2) is 6.57. The fourth-order valence-electron chi connectivity index (χ4n) is 3.69. The lowest BCUT2D eigenvalue weighted by Crippen LogP contribution is -2.37. The summed E-state index contributed by atoms with van der Waals surface area (Å²) < 4.78 is 19.6. The molecule has 2 fully saturated rings. The summed E-state index contributed by atoms with van der Waals surface area (Å²) in [7, 11) is 0. The van der Waals surface area contributed by atoms with Gasteiger partial charge in [0.15, 0.2) is 0 Å². The van der Waals surface area contributed by atoms with Crippen LogP contribution in [0.15, 0.2) is 24.3 Å². The summed E-state index contributed by atoms with van der Waals surface area (Å²) in [4.78, 5) is 0. The van der Waals surface area contributed by atoms with E-state index in [4.69, 9.17) is 4.74 Å². The fraction of sp³-hybridized carbons (Fsp3) is 0.647. The third kappa shape index (κ3) is 3.32. The van der Waals surface area contributed by atoms with E-state index in [0.717, 1.165) is 13.1 Å². The summed E-state index contributed by atoms with van der Waals surface area (Å²) in [5.74, 6) is 1.68. The van der Waals surface area contributed by atoms with Gasteiger partial charge in [0, 0.05) is 18.5 Å². The Hall–Kier alpha value is -1.09. The highest BCUT2D eigenvalue weighted by atomic mass is 19.1. The molecule has 0 radical (unpaired) electrons. The van der Waals surface area contributed by atoms with Crippen molar-refractivity contribution in [3.63, 3.8) is 0 Å². The molecule has 0 aromatic heterocycles. The number of rotatable bonds is 4. The number of ether oxygens (including phenoxy) is 1. The first kappa shape index (κ1) is 13.9. The SMILES string of the molecule is Fc1cccc(O[C@H](C2CCCCC2)[C@H]2CCNC2)c1. The van der Waals surface area contributed by atoms with Gasteiger partial charge < -0.3 is 10.1 Å². The molecule has 3 rings (SSSR count). The molecule has 1 saturated carbocycles. The van der Waals surface area contributed by atoms with Crippen LogP contribution in [0.5, 0.6) is 5.75 Å². The molecular weight excluding hydrogens is 253 g/mol. The van der Waals surface area contributed by atoms with Crippen LogP contribution in [0.2, 0.25) is 0 Å². The van der Waals surface area contributed by atoms with E-state index in [-0.39, 0.29) is 11.9 Å². The third-order valence-electron chi connectivity index (χ3n) is 4.75. The summed E-state index contributed by atoms with van der Waals surface area (Å²) in [6.45, 7) is 2.12. The van der Waals surface area contributed by atoms with Gasteiger partial charge in [0.2, 0.25) is 0 Å². The molecule has 0 bridgehead atoms. The molecule has 1 saturated heterocycles. The van der Waals surface area contributed by atoms with Crippen LogP contribution in [0.4, 0.5) is 4.39 Å². The van der Waals surface area contributed by atoms with E-state index in [1.165, 1.54) is 50.7 Å². The van der Waals surface area contributed by atoms with E-state index in [2.05, 4.69) is 5.32 Å². The molecule has 1 aromatic rings. The van der Waals surface area contributed by atoms with Crippen LogP contribution < -0.4 is 10.1 Å². The Balaban J connectivity index is 1.73. The monoisotopic (exact) mass is 277 g/mol. The molecule has 1 heterocycles. The Morgan fingerprint density at radius 3 is 2.65 bits per heavy atom. The van der Waals surface area contributed by atoms with E-state index in [0.29, 0.717) is 17.6 Å². The van der Waals surface area contributed by atoms with Crippen molar-refractivity contribution in [2.24, 2.45) is 11.8 Å². The molecule has 110 valence electrons. The Morgan fingerprint density at radius 1 is 1.10 bits per heavy atom. The second-order valence-corrected chi connectivity index (χ2v) is 6.19. The molecule has 2 aliphatic rings. The number of benzene rings is 1. The van der Waals surface area contributed by atoms with Crippen LogP contribution in [0.1, 0.15) is 38.5 Å².